The van der Waals surface area contributed by atoms with Crippen LogP contribution < -0.4 is 10.1 Å². The zero-order valence-electron chi connectivity index (χ0n) is 16.1. The largest absolute Gasteiger partial charge is 0.484 e. The Morgan fingerprint density at radius 1 is 1.04 bits per heavy atom. The first-order chi connectivity index (χ1) is 13.3. The van der Waals surface area contributed by atoms with Gasteiger partial charge in [0.25, 0.3) is 5.91 Å². The molecule has 0 aliphatic rings. The van der Waals surface area contributed by atoms with Crippen LogP contribution in [0.15, 0.2) is 48.5 Å². The summed E-state index contributed by atoms with van der Waals surface area (Å²) in [5, 5.41) is 2.70. The molecule has 0 unspecified atom stereocenters. The van der Waals surface area contributed by atoms with Crippen molar-refractivity contribution < 1.29 is 22.7 Å². The Morgan fingerprint density at radius 2 is 1.68 bits per heavy atom. The van der Waals surface area contributed by atoms with Crippen molar-refractivity contribution in [3.8, 4) is 5.75 Å². The van der Waals surface area contributed by atoms with Crippen molar-refractivity contribution in [1.82, 2.24) is 10.2 Å². The highest BCUT2D eigenvalue weighted by Crippen LogP contribution is 2.31. The van der Waals surface area contributed by atoms with Gasteiger partial charge in [0.2, 0.25) is 0 Å². The molecule has 0 aromatic heterocycles. The monoisotopic (exact) mass is 394 g/mol. The number of halogens is 3. The molecule has 0 bridgehead atoms. The second-order valence-corrected chi connectivity index (χ2v) is 6.37. The van der Waals surface area contributed by atoms with Crippen LogP contribution in [0.5, 0.6) is 5.75 Å². The van der Waals surface area contributed by atoms with Gasteiger partial charge < -0.3 is 10.1 Å². The van der Waals surface area contributed by atoms with E-state index < -0.39 is 17.6 Å². The summed E-state index contributed by atoms with van der Waals surface area (Å²) in [6.45, 7) is 7.08. The van der Waals surface area contributed by atoms with Gasteiger partial charge in [0, 0.05) is 13.1 Å². The molecule has 0 radical (unpaired) electrons. The number of benzene rings is 2. The SMILES string of the molecule is CCN(CC)Cc1ccc(CNC(=O)COc2cccc(C(F)(F)F)c2)cc1. The molecular formula is C21H25F3N2O2. The first kappa shape index (κ1) is 21.8. The fourth-order valence-electron chi connectivity index (χ4n) is 2.63. The van der Waals surface area contributed by atoms with E-state index in [0.717, 1.165) is 37.3 Å². The molecule has 0 aliphatic carbocycles. The number of carbonyl (C=O) groups is 1. The molecule has 2 rings (SSSR count). The number of hydrogen-bond acceptors (Lipinski definition) is 3. The lowest BCUT2D eigenvalue weighted by Crippen LogP contribution is -2.28. The summed E-state index contributed by atoms with van der Waals surface area (Å²) < 4.78 is 43.2. The Morgan fingerprint density at radius 3 is 2.29 bits per heavy atom. The Bertz CT molecular complexity index is 757. The minimum absolute atomic E-state index is 0.00531. The summed E-state index contributed by atoms with van der Waals surface area (Å²) in [6, 6.07) is 12.4. The molecule has 0 atom stereocenters. The molecule has 7 heteroatoms. The average molecular weight is 394 g/mol. The molecule has 0 aliphatic heterocycles. The highest BCUT2D eigenvalue weighted by Gasteiger charge is 2.30. The van der Waals surface area contributed by atoms with Crippen molar-refractivity contribution in [3.05, 3.63) is 65.2 Å². The van der Waals surface area contributed by atoms with Crippen molar-refractivity contribution >= 4 is 5.91 Å². The average Bonchev–Trinajstić information content (AvgIpc) is 2.69. The van der Waals surface area contributed by atoms with Gasteiger partial charge in [0.05, 0.1) is 5.56 Å². The van der Waals surface area contributed by atoms with Gasteiger partial charge in [-0.25, -0.2) is 0 Å². The first-order valence-corrected chi connectivity index (χ1v) is 9.18. The lowest BCUT2D eigenvalue weighted by molar-refractivity contribution is -0.137. The molecule has 2 aromatic rings. The van der Waals surface area contributed by atoms with E-state index in [9.17, 15) is 18.0 Å². The Labute approximate surface area is 163 Å². The van der Waals surface area contributed by atoms with Crippen molar-refractivity contribution in [2.45, 2.75) is 33.1 Å². The van der Waals surface area contributed by atoms with Crippen molar-refractivity contribution in [3.63, 3.8) is 0 Å². The predicted molar refractivity (Wildman–Crippen MR) is 102 cm³/mol. The summed E-state index contributed by atoms with van der Waals surface area (Å²) in [5.41, 5.74) is 1.33. The second kappa shape index (κ2) is 10.1. The van der Waals surface area contributed by atoms with E-state index in [1.807, 2.05) is 24.3 Å². The standard InChI is InChI=1S/C21H25F3N2O2/c1-3-26(4-2)14-17-10-8-16(9-11-17)13-25-20(27)15-28-19-7-5-6-18(12-19)21(22,23)24/h5-12H,3-4,13-15H2,1-2H3,(H,25,27). The molecule has 0 saturated carbocycles. The summed E-state index contributed by atoms with van der Waals surface area (Å²) in [5.74, 6) is -0.393. The van der Waals surface area contributed by atoms with Gasteiger partial charge in [-0.15, -0.1) is 0 Å². The third kappa shape index (κ3) is 6.88. The predicted octanol–water partition coefficient (Wildman–Crippen LogP) is 4.24. The summed E-state index contributed by atoms with van der Waals surface area (Å²) >= 11 is 0. The molecule has 28 heavy (non-hydrogen) atoms. The lowest BCUT2D eigenvalue weighted by Gasteiger charge is -2.18. The lowest BCUT2D eigenvalue weighted by atomic mass is 10.1. The Kier molecular flexibility index (Phi) is 7.87. The molecule has 4 nitrogen and oxygen atoms in total. The zero-order valence-corrected chi connectivity index (χ0v) is 16.1. The van der Waals surface area contributed by atoms with Gasteiger partial charge in [-0.1, -0.05) is 44.2 Å². The number of ether oxygens (including phenoxy) is 1. The molecule has 0 saturated heterocycles. The van der Waals surface area contributed by atoms with Gasteiger partial charge in [-0.05, 0) is 42.4 Å². The maximum Gasteiger partial charge on any atom is 0.416 e. The molecular weight excluding hydrogens is 369 g/mol. The van der Waals surface area contributed by atoms with Crippen molar-refractivity contribution in [1.29, 1.82) is 0 Å². The number of hydrogen-bond donors (Lipinski definition) is 1. The van der Waals surface area contributed by atoms with Gasteiger partial charge >= 0.3 is 6.18 Å². The van der Waals surface area contributed by atoms with E-state index in [2.05, 4.69) is 24.1 Å². The first-order valence-electron chi connectivity index (χ1n) is 9.18. The summed E-state index contributed by atoms with van der Waals surface area (Å²) in [7, 11) is 0. The fourth-order valence-corrected chi connectivity index (χ4v) is 2.63. The molecule has 1 N–H and O–H groups in total. The molecule has 0 spiro atoms. The summed E-state index contributed by atoms with van der Waals surface area (Å²) in [6.07, 6.45) is -4.45. The third-order valence-corrected chi connectivity index (χ3v) is 4.34. The topological polar surface area (TPSA) is 41.6 Å². The van der Waals surface area contributed by atoms with Crippen molar-refractivity contribution in [2.24, 2.45) is 0 Å². The van der Waals surface area contributed by atoms with Crippen LogP contribution >= 0.6 is 0 Å². The second-order valence-electron chi connectivity index (χ2n) is 6.37. The zero-order chi connectivity index (χ0) is 20.6. The van der Waals surface area contributed by atoms with E-state index in [1.165, 1.54) is 17.7 Å². The summed E-state index contributed by atoms with van der Waals surface area (Å²) in [4.78, 5) is 14.2. The maximum absolute atomic E-state index is 12.7. The van der Waals surface area contributed by atoms with E-state index >= 15 is 0 Å². The fraction of sp³-hybridized carbons (Fsp3) is 0.381. The van der Waals surface area contributed by atoms with Crippen LogP contribution in [-0.4, -0.2) is 30.5 Å². The van der Waals surface area contributed by atoms with Gasteiger partial charge in [0.15, 0.2) is 6.61 Å². The number of nitrogens with zero attached hydrogens (tertiary/aromatic N) is 1. The van der Waals surface area contributed by atoms with Gasteiger partial charge in [-0.3, -0.25) is 9.69 Å². The number of amides is 1. The maximum atomic E-state index is 12.7. The van der Waals surface area contributed by atoms with E-state index in [0.29, 0.717) is 6.54 Å². The van der Waals surface area contributed by atoms with Crippen LogP contribution in [0.1, 0.15) is 30.5 Å². The number of alkyl halides is 3. The highest BCUT2D eigenvalue weighted by molar-refractivity contribution is 5.77. The van der Waals surface area contributed by atoms with Crippen LogP contribution in [0, 0.1) is 0 Å². The molecule has 152 valence electrons. The quantitative estimate of drug-likeness (QED) is 0.692. The molecule has 0 fully saturated rings. The van der Waals surface area contributed by atoms with Gasteiger partial charge in [-0.2, -0.15) is 13.2 Å². The third-order valence-electron chi connectivity index (χ3n) is 4.34. The van der Waals surface area contributed by atoms with Crippen LogP contribution in [0.25, 0.3) is 0 Å². The smallest absolute Gasteiger partial charge is 0.416 e. The number of carbonyl (C=O) groups excluding carboxylic acids is 1. The number of nitrogens with one attached hydrogen (secondary N) is 1. The highest BCUT2D eigenvalue weighted by atomic mass is 19.4. The molecule has 1 amide bonds. The van der Waals surface area contributed by atoms with E-state index in [1.54, 1.807) is 0 Å². The molecule has 0 heterocycles. The van der Waals surface area contributed by atoms with Crippen LogP contribution in [-0.2, 0) is 24.1 Å². The minimum atomic E-state index is -4.45. The minimum Gasteiger partial charge on any atom is -0.484 e. The van der Waals surface area contributed by atoms with Crippen LogP contribution in [0.3, 0.4) is 0 Å². The van der Waals surface area contributed by atoms with E-state index in [4.69, 9.17) is 4.74 Å². The molecule has 2 aromatic carbocycles. The van der Waals surface area contributed by atoms with Gasteiger partial charge in [0.1, 0.15) is 5.75 Å². The van der Waals surface area contributed by atoms with Crippen molar-refractivity contribution in [2.75, 3.05) is 19.7 Å². The number of rotatable bonds is 9. The Hall–Kier alpha value is -2.54. The normalized spacial score (nSPS) is 11.5. The van der Waals surface area contributed by atoms with Crippen LogP contribution in [0.4, 0.5) is 13.2 Å². The van der Waals surface area contributed by atoms with Crippen LogP contribution in [0.2, 0.25) is 0 Å². The van der Waals surface area contributed by atoms with E-state index in [-0.39, 0.29) is 12.4 Å². The Balaban J connectivity index is 1.80.